The molecule has 0 atom stereocenters. The molecule has 1 aromatic carbocycles. The SMILES string of the molecule is COc1cccc(C)c1NC(=O)NCCNc1nc(C)cc(=O)[nH]1. The lowest BCUT2D eigenvalue weighted by atomic mass is 10.2. The summed E-state index contributed by atoms with van der Waals surface area (Å²) in [7, 11) is 1.55. The van der Waals surface area contributed by atoms with E-state index in [4.69, 9.17) is 4.74 Å². The second-order valence-electron chi connectivity index (χ2n) is 5.20. The summed E-state index contributed by atoms with van der Waals surface area (Å²) in [5.41, 5.74) is 1.94. The van der Waals surface area contributed by atoms with Crippen molar-refractivity contribution in [3.05, 3.63) is 45.9 Å². The van der Waals surface area contributed by atoms with Crippen molar-refractivity contribution in [2.24, 2.45) is 0 Å². The highest BCUT2D eigenvalue weighted by Crippen LogP contribution is 2.27. The molecular formula is C16H21N5O3. The Bertz CT molecular complexity index is 773. The zero-order valence-corrected chi connectivity index (χ0v) is 13.9. The summed E-state index contributed by atoms with van der Waals surface area (Å²) >= 11 is 0. The van der Waals surface area contributed by atoms with E-state index >= 15 is 0 Å². The zero-order chi connectivity index (χ0) is 17.5. The van der Waals surface area contributed by atoms with Crippen LogP contribution in [0.3, 0.4) is 0 Å². The number of para-hydroxylation sites is 1. The van der Waals surface area contributed by atoms with E-state index in [9.17, 15) is 9.59 Å². The molecule has 8 nitrogen and oxygen atoms in total. The van der Waals surface area contributed by atoms with Gasteiger partial charge in [0.15, 0.2) is 0 Å². The molecular weight excluding hydrogens is 310 g/mol. The third kappa shape index (κ3) is 4.73. The van der Waals surface area contributed by atoms with Crippen LogP contribution in [0.1, 0.15) is 11.3 Å². The van der Waals surface area contributed by atoms with Gasteiger partial charge in [0.05, 0.1) is 12.8 Å². The standard InChI is InChI=1S/C16H21N5O3/c1-10-5-4-6-12(24-3)14(10)21-16(23)18-8-7-17-15-19-11(2)9-13(22)20-15/h4-6,9H,7-8H2,1-3H3,(H2,18,21,23)(H2,17,19,20,22). The predicted molar refractivity (Wildman–Crippen MR) is 92.8 cm³/mol. The number of methoxy groups -OCH3 is 1. The number of nitrogens with zero attached hydrogens (tertiary/aromatic N) is 1. The molecule has 2 amide bonds. The van der Waals surface area contributed by atoms with Gasteiger partial charge in [0.1, 0.15) is 5.75 Å². The minimum Gasteiger partial charge on any atom is -0.495 e. The summed E-state index contributed by atoms with van der Waals surface area (Å²) in [5, 5.41) is 8.44. The summed E-state index contributed by atoms with van der Waals surface area (Å²) in [6.07, 6.45) is 0. The fourth-order valence-corrected chi connectivity index (χ4v) is 2.15. The van der Waals surface area contributed by atoms with Crippen LogP contribution in [0.2, 0.25) is 0 Å². The van der Waals surface area contributed by atoms with E-state index in [0.29, 0.717) is 36.2 Å². The molecule has 1 aromatic heterocycles. The number of hydrogen-bond donors (Lipinski definition) is 4. The quantitative estimate of drug-likeness (QED) is 0.602. The summed E-state index contributed by atoms with van der Waals surface area (Å²) in [4.78, 5) is 30.0. The number of anilines is 2. The highest BCUT2D eigenvalue weighted by molar-refractivity contribution is 5.91. The van der Waals surface area contributed by atoms with Crippen molar-refractivity contribution in [3.63, 3.8) is 0 Å². The van der Waals surface area contributed by atoms with E-state index in [1.54, 1.807) is 20.1 Å². The van der Waals surface area contributed by atoms with Gasteiger partial charge in [0.2, 0.25) is 5.95 Å². The molecule has 24 heavy (non-hydrogen) atoms. The average Bonchev–Trinajstić information content (AvgIpc) is 2.52. The van der Waals surface area contributed by atoms with Crippen molar-refractivity contribution in [3.8, 4) is 5.75 Å². The molecule has 0 saturated heterocycles. The van der Waals surface area contributed by atoms with Gasteiger partial charge in [-0.25, -0.2) is 9.78 Å². The number of carbonyl (C=O) groups is 1. The lowest BCUT2D eigenvalue weighted by Crippen LogP contribution is -2.33. The number of aromatic nitrogens is 2. The number of benzene rings is 1. The Balaban J connectivity index is 1.83. The molecule has 0 saturated carbocycles. The predicted octanol–water partition coefficient (Wildman–Crippen LogP) is 1.63. The van der Waals surface area contributed by atoms with Gasteiger partial charge in [-0.15, -0.1) is 0 Å². The number of aromatic amines is 1. The summed E-state index contributed by atoms with van der Waals surface area (Å²) in [6, 6.07) is 6.60. The average molecular weight is 331 g/mol. The summed E-state index contributed by atoms with van der Waals surface area (Å²) < 4.78 is 5.24. The Labute approximate surface area is 139 Å². The van der Waals surface area contributed by atoms with Gasteiger partial charge in [0.25, 0.3) is 5.56 Å². The number of urea groups is 1. The van der Waals surface area contributed by atoms with Crippen molar-refractivity contribution in [2.45, 2.75) is 13.8 Å². The Morgan fingerprint density at radius 2 is 2.08 bits per heavy atom. The molecule has 0 radical (unpaired) electrons. The molecule has 0 fully saturated rings. The number of H-pyrrole nitrogens is 1. The highest BCUT2D eigenvalue weighted by Gasteiger charge is 2.09. The van der Waals surface area contributed by atoms with Gasteiger partial charge in [0, 0.05) is 24.8 Å². The van der Waals surface area contributed by atoms with Crippen LogP contribution in [-0.4, -0.2) is 36.2 Å². The van der Waals surface area contributed by atoms with Gasteiger partial charge in [-0.05, 0) is 25.5 Å². The molecule has 8 heteroatoms. The smallest absolute Gasteiger partial charge is 0.319 e. The Hall–Kier alpha value is -3.03. The molecule has 2 rings (SSSR count). The topological polar surface area (TPSA) is 108 Å². The highest BCUT2D eigenvalue weighted by atomic mass is 16.5. The number of carbonyl (C=O) groups excluding carboxylic acids is 1. The van der Waals surface area contributed by atoms with Crippen molar-refractivity contribution < 1.29 is 9.53 Å². The number of nitrogens with one attached hydrogen (secondary N) is 4. The van der Waals surface area contributed by atoms with Crippen LogP contribution < -0.4 is 26.2 Å². The van der Waals surface area contributed by atoms with E-state index in [-0.39, 0.29) is 11.6 Å². The van der Waals surface area contributed by atoms with Gasteiger partial charge >= 0.3 is 6.03 Å². The molecule has 0 spiro atoms. The first-order valence-electron chi connectivity index (χ1n) is 7.50. The lowest BCUT2D eigenvalue weighted by Gasteiger charge is -2.13. The van der Waals surface area contributed by atoms with Gasteiger partial charge in [-0.3, -0.25) is 9.78 Å². The molecule has 4 N–H and O–H groups in total. The minimum atomic E-state index is -0.338. The molecule has 0 bridgehead atoms. The third-order valence-electron chi connectivity index (χ3n) is 3.27. The van der Waals surface area contributed by atoms with Crippen LogP contribution in [-0.2, 0) is 0 Å². The fourth-order valence-electron chi connectivity index (χ4n) is 2.15. The first kappa shape index (κ1) is 17.3. The van der Waals surface area contributed by atoms with Gasteiger partial charge < -0.3 is 20.7 Å². The number of hydrogen-bond acceptors (Lipinski definition) is 5. The molecule has 0 aliphatic heterocycles. The second kappa shape index (κ2) is 8.00. The van der Waals surface area contributed by atoms with Crippen molar-refractivity contribution in [2.75, 3.05) is 30.8 Å². The van der Waals surface area contributed by atoms with Crippen LogP contribution in [0, 0.1) is 13.8 Å². The minimum absolute atomic E-state index is 0.220. The largest absolute Gasteiger partial charge is 0.495 e. The maximum absolute atomic E-state index is 12.0. The first-order valence-corrected chi connectivity index (χ1v) is 7.50. The fraction of sp³-hybridized carbons (Fsp3) is 0.312. The van der Waals surface area contributed by atoms with E-state index in [1.165, 1.54) is 6.07 Å². The van der Waals surface area contributed by atoms with Crippen LogP contribution in [0.5, 0.6) is 5.75 Å². The maximum Gasteiger partial charge on any atom is 0.319 e. The van der Waals surface area contributed by atoms with Gasteiger partial charge in [-0.1, -0.05) is 12.1 Å². The second-order valence-corrected chi connectivity index (χ2v) is 5.20. The Morgan fingerprint density at radius 3 is 2.79 bits per heavy atom. The summed E-state index contributed by atoms with van der Waals surface area (Å²) in [5.74, 6) is 0.979. The van der Waals surface area contributed by atoms with Crippen molar-refractivity contribution in [1.82, 2.24) is 15.3 Å². The number of amides is 2. The number of ether oxygens (including phenoxy) is 1. The van der Waals surface area contributed by atoms with Crippen LogP contribution >= 0.6 is 0 Å². The monoisotopic (exact) mass is 331 g/mol. The lowest BCUT2D eigenvalue weighted by molar-refractivity contribution is 0.252. The van der Waals surface area contributed by atoms with Crippen molar-refractivity contribution in [1.29, 1.82) is 0 Å². The van der Waals surface area contributed by atoms with E-state index < -0.39 is 0 Å². The van der Waals surface area contributed by atoms with Crippen LogP contribution in [0.4, 0.5) is 16.4 Å². The number of rotatable bonds is 6. The molecule has 2 aromatic rings. The van der Waals surface area contributed by atoms with Crippen LogP contribution in [0.15, 0.2) is 29.1 Å². The van der Waals surface area contributed by atoms with E-state index in [2.05, 4.69) is 25.9 Å². The summed E-state index contributed by atoms with van der Waals surface area (Å²) in [6.45, 7) is 4.41. The molecule has 0 unspecified atom stereocenters. The molecule has 128 valence electrons. The normalized spacial score (nSPS) is 10.1. The van der Waals surface area contributed by atoms with Crippen molar-refractivity contribution >= 4 is 17.7 Å². The van der Waals surface area contributed by atoms with E-state index in [0.717, 1.165) is 5.56 Å². The zero-order valence-electron chi connectivity index (χ0n) is 13.9. The molecule has 1 heterocycles. The third-order valence-corrected chi connectivity index (χ3v) is 3.27. The molecule has 0 aliphatic rings. The van der Waals surface area contributed by atoms with E-state index in [1.807, 2.05) is 19.1 Å². The van der Waals surface area contributed by atoms with Gasteiger partial charge in [-0.2, -0.15) is 0 Å². The first-order chi connectivity index (χ1) is 11.5. The Kier molecular flexibility index (Phi) is 5.78. The Morgan fingerprint density at radius 1 is 1.29 bits per heavy atom. The van der Waals surface area contributed by atoms with Crippen LogP contribution in [0.25, 0.3) is 0 Å². The number of aryl methyl sites for hydroxylation is 2. The molecule has 0 aliphatic carbocycles. The maximum atomic E-state index is 12.0.